The van der Waals surface area contributed by atoms with Crippen molar-refractivity contribution in [2.24, 2.45) is 0 Å². The van der Waals surface area contributed by atoms with Gasteiger partial charge in [0.05, 0.1) is 11.5 Å². The molecule has 20 heavy (non-hydrogen) atoms. The molecule has 0 saturated carbocycles. The number of nitrogens with zero attached hydrogens (tertiary/aromatic N) is 1. The molecule has 1 aromatic carbocycles. The van der Waals surface area contributed by atoms with Crippen LogP contribution in [0.3, 0.4) is 0 Å². The topological polar surface area (TPSA) is 46.6 Å². The largest absolute Gasteiger partial charge is 0.494 e. The van der Waals surface area contributed by atoms with E-state index < -0.39 is 0 Å². The molecule has 0 N–H and O–H groups in total. The number of imide groups is 1. The van der Waals surface area contributed by atoms with E-state index in [1.165, 1.54) is 4.90 Å². The lowest BCUT2D eigenvalue weighted by Gasteiger charge is -2.07. The highest BCUT2D eigenvalue weighted by Crippen LogP contribution is 2.32. The van der Waals surface area contributed by atoms with Crippen LogP contribution >= 0.6 is 11.8 Å². The summed E-state index contributed by atoms with van der Waals surface area (Å²) >= 11 is 0.983. The maximum atomic E-state index is 12.0. The zero-order valence-electron chi connectivity index (χ0n) is 11.6. The molecule has 106 valence electrons. The van der Waals surface area contributed by atoms with Gasteiger partial charge >= 0.3 is 0 Å². The molecule has 2 rings (SSSR count). The summed E-state index contributed by atoms with van der Waals surface area (Å²) in [7, 11) is 0. The summed E-state index contributed by atoms with van der Waals surface area (Å²) in [4.78, 5) is 25.3. The highest BCUT2D eigenvalue weighted by atomic mass is 32.2. The molecule has 0 radical (unpaired) electrons. The lowest BCUT2D eigenvalue weighted by Crippen LogP contribution is -2.27. The Labute approximate surface area is 122 Å². The van der Waals surface area contributed by atoms with Gasteiger partial charge < -0.3 is 4.74 Å². The standard InChI is InChI=1S/C15H17NO3S/c1-3-8-19-12-7-5-6-11(9-12)10-13-14(17)16(4-2)15(18)20-13/h5-7,9-10H,3-4,8H2,1-2H3/b13-10+. The molecular formula is C15H17NO3S. The third kappa shape index (κ3) is 3.22. The molecule has 0 aliphatic carbocycles. The fraction of sp³-hybridized carbons (Fsp3) is 0.333. The number of likely N-dealkylation sites (N-methyl/N-ethyl adjacent to an activating group) is 1. The second-order valence-corrected chi connectivity index (χ2v) is 5.34. The number of amides is 2. The number of thioether (sulfide) groups is 1. The molecule has 4 nitrogen and oxygen atoms in total. The van der Waals surface area contributed by atoms with E-state index in [0.29, 0.717) is 18.1 Å². The zero-order chi connectivity index (χ0) is 14.5. The van der Waals surface area contributed by atoms with E-state index in [0.717, 1.165) is 29.5 Å². The number of benzene rings is 1. The van der Waals surface area contributed by atoms with Crippen molar-refractivity contribution in [1.82, 2.24) is 4.90 Å². The molecule has 2 amide bonds. The first-order valence-electron chi connectivity index (χ1n) is 6.64. The Morgan fingerprint density at radius 1 is 1.30 bits per heavy atom. The quantitative estimate of drug-likeness (QED) is 0.779. The molecule has 1 fully saturated rings. The fourth-order valence-electron chi connectivity index (χ4n) is 1.84. The predicted octanol–water partition coefficient (Wildman–Crippen LogP) is 3.53. The van der Waals surface area contributed by atoms with E-state index in [1.807, 2.05) is 31.2 Å². The molecule has 1 saturated heterocycles. The van der Waals surface area contributed by atoms with Gasteiger partial charge in [0, 0.05) is 6.54 Å². The van der Waals surface area contributed by atoms with Crippen LogP contribution in [-0.4, -0.2) is 29.2 Å². The summed E-state index contributed by atoms with van der Waals surface area (Å²) in [5.74, 6) is 0.553. The molecule has 0 atom stereocenters. The van der Waals surface area contributed by atoms with Crippen molar-refractivity contribution in [3.63, 3.8) is 0 Å². The highest BCUT2D eigenvalue weighted by molar-refractivity contribution is 8.18. The second kappa shape index (κ2) is 6.61. The summed E-state index contributed by atoms with van der Waals surface area (Å²) < 4.78 is 5.55. The van der Waals surface area contributed by atoms with Gasteiger partial charge in [-0.25, -0.2) is 0 Å². The molecule has 1 aromatic rings. The fourth-order valence-corrected chi connectivity index (χ4v) is 2.74. The monoisotopic (exact) mass is 291 g/mol. The van der Waals surface area contributed by atoms with Crippen molar-refractivity contribution in [3.8, 4) is 5.75 Å². The average molecular weight is 291 g/mol. The van der Waals surface area contributed by atoms with Crippen LogP contribution in [0.1, 0.15) is 25.8 Å². The minimum atomic E-state index is -0.220. The Balaban J connectivity index is 2.19. The van der Waals surface area contributed by atoms with E-state index in [-0.39, 0.29) is 11.1 Å². The molecular weight excluding hydrogens is 274 g/mol. The SMILES string of the molecule is CCCOc1cccc(/C=C2/SC(=O)N(CC)C2=O)c1. The lowest BCUT2D eigenvalue weighted by atomic mass is 10.2. The summed E-state index contributed by atoms with van der Waals surface area (Å²) in [5.41, 5.74) is 0.861. The van der Waals surface area contributed by atoms with Crippen LogP contribution in [0.5, 0.6) is 5.75 Å². The third-order valence-corrected chi connectivity index (χ3v) is 3.73. The second-order valence-electron chi connectivity index (χ2n) is 4.35. The summed E-state index contributed by atoms with van der Waals surface area (Å²) in [6.45, 7) is 4.90. The molecule has 1 heterocycles. The maximum Gasteiger partial charge on any atom is 0.293 e. The average Bonchev–Trinajstić information content (AvgIpc) is 2.71. The van der Waals surface area contributed by atoms with E-state index in [9.17, 15) is 9.59 Å². The van der Waals surface area contributed by atoms with E-state index in [4.69, 9.17) is 4.74 Å². The number of ether oxygens (including phenoxy) is 1. The Bertz CT molecular complexity index is 554. The summed E-state index contributed by atoms with van der Waals surface area (Å²) in [6.07, 6.45) is 2.68. The number of carbonyl (C=O) groups excluding carboxylic acids is 2. The molecule has 0 bridgehead atoms. The zero-order valence-corrected chi connectivity index (χ0v) is 12.4. The van der Waals surface area contributed by atoms with Gasteiger partial charge in [-0.3, -0.25) is 14.5 Å². The van der Waals surface area contributed by atoms with Gasteiger partial charge in [0.1, 0.15) is 5.75 Å². The molecule has 0 unspecified atom stereocenters. The molecule has 5 heteroatoms. The Kier molecular flexibility index (Phi) is 4.84. The highest BCUT2D eigenvalue weighted by Gasteiger charge is 2.33. The predicted molar refractivity (Wildman–Crippen MR) is 80.6 cm³/mol. The first-order valence-corrected chi connectivity index (χ1v) is 7.45. The molecule has 0 aromatic heterocycles. The van der Waals surface area contributed by atoms with Crippen molar-refractivity contribution in [3.05, 3.63) is 34.7 Å². The van der Waals surface area contributed by atoms with Gasteiger partial charge in [0.15, 0.2) is 0 Å². The van der Waals surface area contributed by atoms with Gasteiger partial charge in [0.2, 0.25) is 0 Å². The molecule has 0 spiro atoms. The maximum absolute atomic E-state index is 12.0. The van der Waals surface area contributed by atoms with E-state index in [2.05, 4.69) is 0 Å². The lowest BCUT2D eigenvalue weighted by molar-refractivity contribution is -0.122. The van der Waals surface area contributed by atoms with E-state index in [1.54, 1.807) is 13.0 Å². The Morgan fingerprint density at radius 3 is 2.75 bits per heavy atom. The van der Waals surface area contributed by atoms with Crippen molar-refractivity contribution in [2.75, 3.05) is 13.2 Å². The van der Waals surface area contributed by atoms with Gasteiger partial charge in [-0.1, -0.05) is 19.1 Å². The summed E-state index contributed by atoms with van der Waals surface area (Å²) in [5, 5.41) is -0.206. The minimum Gasteiger partial charge on any atom is -0.494 e. The number of carbonyl (C=O) groups is 2. The first kappa shape index (κ1) is 14.7. The van der Waals surface area contributed by atoms with Crippen LogP contribution in [0, 0.1) is 0 Å². The van der Waals surface area contributed by atoms with Crippen LogP contribution in [-0.2, 0) is 4.79 Å². The summed E-state index contributed by atoms with van der Waals surface area (Å²) in [6, 6.07) is 7.51. The first-order chi connectivity index (χ1) is 9.65. The minimum absolute atomic E-state index is 0.206. The normalized spacial score (nSPS) is 17.1. The van der Waals surface area contributed by atoms with Crippen LogP contribution < -0.4 is 4.74 Å². The van der Waals surface area contributed by atoms with Crippen molar-refractivity contribution in [1.29, 1.82) is 0 Å². The molecule has 1 aliphatic heterocycles. The Morgan fingerprint density at radius 2 is 2.10 bits per heavy atom. The van der Waals surface area contributed by atoms with Crippen LogP contribution in [0.25, 0.3) is 6.08 Å². The van der Waals surface area contributed by atoms with Crippen molar-refractivity contribution >= 4 is 29.0 Å². The van der Waals surface area contributed by atoms with Gasteiger partial charge in [0.25, 0.3) is 11.1 Å². The third-order valence-electron chi connectivity index (χ3n) is 2.82. The van der Waals surface area contributed by atoms with E-state index >= 15 is 0 Å². The van der Waals surface area contributed by atoms with Gasteiger partial charge in [-0.15, -0.1) is 0 Å². The van der Waals surface area contributed by atoms with Crippen molar-refractivity contribution < 1.29 is 14.3 Å². The number of hydrogen-bond donors (Lipinski definition) is 0. The Hall–Kier alpha value is -1.75. The molecule has 1 aliphatic rings. The van der Waals surface area contributed by atoms with Gasteiger partial charge in [-0.2, -0.15) is 0 Å². The number of hydrogen-bond acceptors (Lipinski definition) is 4. The number of rotatable bonds is 5. The smallest absolute Gasteiger partial charge is 0.293 e. The van der Waals surface area contributed by atoms with Crippen LogP contribution in [0.4, 0.5) is 4.79 Å². The van der Waals surface area contributed by atoms with Gasteiger partial charge in [-0.05, 0) is 48.9 Å². The van der Waals surface area contributed by atoms with Crippen LogP contribution in [0.2, 0.25) is 0 Å². The van der Waals surface area contributed by atoms with Crippen LogP contribution in [0.15, 0.2) is 29.2 Å². The van der Waals surface area contributed by atoms with Crippen molar-refractivity contribution in [2.45, 2.75) is 20.3 Å².